The Kier molecular flexibility index (Phi) is 14.4. The molecular weight excluding hydrogens is 695 g/mol. The number of ether oxygens (including phenoxy) is 2. The first-order valence-electron chi connectivity index (χ1n) is 19.6. The summed E-state index contributed by atoms with van der Waals surface area (Å²) in [6.45, 7) is 19.5. The zero-order valence-corrected chi connectivity index (χ0v) is 35.8. The van der Waals surface area contributed by atoms with E-state index >= 15 is 0 Å². The Morgan fingerprint density at radius 2 is 0.926 bits per heavy atom. The van der Waals surface area contributed by atoms with Gasteiger partial charge in [0.05, 0.1) is 63.5 Å². The molecule has 0 aliphatic heterocycles. The Morgan fingerprint density at radius 1 is 0.519 bits per heavy atom. The average molecular weight is 754 g/mol. The van der Waals surface area contributed by atoms with Crippen LogP contribution in [-0.2, 0) is 0 Å². The largest absolute Gasteiger partial charge is 0.494 e. The highest BCUT2D eigenvalue weighted by molar-refractivity contribution is 6.90. The summed E-state index contributed by atoms with van der Waals surface area (Å²) in [5.41, 5.74) is 7.38. The van der Waals surface area contributed by atoms with E-state index in [1.54, 1.807) is 0 Å². The van der Waals surface area contributed by atoms with Crippen LogP contribution in [0.5, 0.6) is 11.5 Å². The fraction of sp³-hybridized carbons (Fsp3) is 0.340. The van der Waals surface area contributed by atoms with Crippen molar-refractivity contribution in [3.05, 3.63) is 138 Å². The number of nitrogens with zero attached hydrogens (tertiary/aromatic N) is 3. The lowest BCUT2D eigenvalue weighted by atomic mass is 10.1. The summed E-state index contributed by atoms with van der Waals surface area (Å²) in [7, 11) is -2.81. The summed E-state index contributed by atoms with van der Waals surface area (Å²) < 4.78 is 12.3. The van der Waals surface area contributed by atoms with Crippen molar-refractivity contribution in [3.8, 4) is 11.5 Å². The van der Waals surface area contributed by atoms with Crippen LogP contribution in [0.1, 0.15) is 62.0 Å². The number of rotatable bonds is 18. The molecule has 0 atom stereocenters. The summed E-state index contributed by atoms with van der Waals surface area (Å²) in [6, 6.07) is 42.9. The van der Waals surface area contributed by atoms with E-state index in [1.165, 1.54) is 35.3 Å². The van der Waals surface area contributed by atoms with Gasteiger partial charge in [-0.3, -0.25) is 9.98 Å². The minimum Gasteiger partial charge on any atom is -0.494 e. The molecule has 5 nitrogen and oxygen atoms in total. The summed E-state index contributed by atoms with van der Waals surface area (Å²) >= 11 is 0. The molecule has 7 heteroatoms. The van der Waals surface area contributed by atoms with Crippen LogP contribution < -0.4 is 19.8 Å². The van der Waals surface area contributed by atoms with Crippen LogP contribution in [-0.4, -0.2) is 45.8 Å². The molecule has 0 saturated carbocycles. The Bertz CT molecular complexity index is 1880. The topological polar surface area (TPSA) is 56.1 Å². The van der Waals surface area contributed by atoms with Crippen LogP contribution in [0.25, 0.3) is 0 Å². The van der Waals surface area contributed by atoms with Gasteiger partial charge in [-0.2, -0.15) is 0 Å². The highest BCUT2D eigenvalue weighted by Gasteiger charge is 2.23. The van der Waals surface area contributed by atoms with Gasteiger partial charge in [-0.05, 0) is 100 Å². The molecule has 54 heavy (non-hydrogen) atoms. The van der Waals surface area contributed by atoms with E-state index in [-0.39, 0.29) is 0 Å². The number of hydrogen-bond donors (Lipinski definition) is 0. The Balaban J connectivity index is 1.11. The normalized spacial score (nSPS) is 12.5. The summed E-state index contributed by atoms with van der Waals surface area (Å²) in [5, 5.41) is 3.06. The second-order valence-corrected chi connectivity index (χ2v) is 25.5. The Labute approximate surface area is 326 Å². The predicted molar refractivity (Wildman–Crippen MR) is 237 cm³/mol. The number of unbranched alkanes of at least 4 members (excludes halogenated alkanes) is 2. The molecule has 0 saturated heterocycles. The molecule has 5 rings (SSSR count). The fourth-order valence-electron chi connectivity index (χ4n) is 6.79. The third-order valence-corrected chi connectivity index (χ3v) is 17.4. The molecule has 0 N–H and O–H groups in total. The van der Waals surface area contributed by atoms with Gasteiger partial charge in [0.15, 0.2) is 0 Å². The summed E-state index contributed by atoms with van der Waals surface area (Å²) in [5.74, 6) is 1.79. The highest BCUT2D eigenvalue weighted by atomic mass is 28.3. The molecule has 0 aliphatic rings. The van der Waals surface area contributed by atoms with E-state index in [0.29, 0.717) is 0 Å². The maximum atomic E-state index is 6.14. The SMILES string of the molecule is CC(=Nc1ccc(OCCCC[Si](C)(C)c2ccccc2)cc1C)c1cccc(C(C)=Nc2ccc(OCCCC[Si](C)(C)c3ccccc3)cc2C)n1. The average Bonchev–Trinajstić information content (AvgIpc) is 3.17. The molecule has 5 aromatic rings. The summed E-state index contributed by atoms with van der Waals surface area (Å²) in [4.78, 5) is 14.9. The molecule has 282 valence electrons. The number of aliphatic imine (C=N–C) groups is 2. The molecule has 1 heterocycles. The Morgan fingerprint density at radius 3 is 1.31 bits per heavy atom. The van der Waals surface area contributed by atoms with E-state index in [0.717, 1.165) is 82.9 Å². The first-order valence-corrected chi connectivity index (χ1v) is 26.0. The first kappa shape index (κ1) is 40.6. The zero-order chi connectivity index (χ0) is 38.6. The van der Waals surface area contributed by atoms with Gasteiger partial charge in [0, 0.05) is 0 Å². The molecule has 0 amide bonds. The van der Waals surface area contributed by atoms with Crippen LogP contribution in [0.3, 0.4) is 0 Å². The van der Waals surface area contributed by atoms with E-state index in [4.69, 9.17) is 24.4 Å². The lowest BCUT2D eigenvalue weighted by Gasteiger charge is -2.22. The number of aromatic nitrogens is 1. The third kappa shape index (κ3) is 11.7. The van der Waals surface area contributed by atoms with Crippen LogP contribution >= 0.6 is 0 Å². The fourth-order valence-corrected chi connectivity index (χ4v) is 11.8. The molecule has 0 aliphatic carbocycles. The number of aryl methyl sites for hydroxylation is 2. The monoisotopic (exact) mass is 753 g/mol. The number of hydrogen-bond acceptors (Lipinski definition) is 5. The van der Waals surface area contributed by atoms with Gasteiger partial charge in [-0.15, -0.1) is 0 Å². The second-order valence-electron chi connectivity index (χ2n) is 15.8. The smallest absolute Gasteiger partial charge is 0.119 e. The van der Waals surface area contributed by atoms with E-state index < -0.39 is 16.1 Å². The number of benzene rings is 4. The molecule has 0 spiro atoms. The lowest BCUT2D eigenvalue weighted by molar-refractivity contribution is 0.309. The van der Waals surface area contributed by atoms with Gasteiger partial charge in [-0.25, -0.2) is 4.98 Å². The van der Waals surface area contributed by atoms with Crippen molar-refractivity contribution < 1.29 is 9.47 Å². The third-order valence-electron chi connectivity index (χ3n) is 10.4. The minimum atomic E-state index is -1.40. The van der Waals surface area contributed by atoms with Gasteiger partial charge in [0.1, 0.15) is 11.5 Å². The van der Waals surface area contributed by atoms with Crippen molar-refractivity contribution >= 4 is 49.3 Å². The summed E-state index contributed by atoms with van der Waals surface area (Å²) in [6.07, 6.45) is 4.48. The quantitative estimate of drug-likeness (QED) is 0.0509. The predicted octanol–water partition coefficient (Wildman–Crippen LogP) is 11.5. The zero-order valence-electron chi connectivity index (χ0n) is 33.8. The van der Waals surface area contributed by atoms with Gasteiger partial charge < -0.3 is 9.47 Å². The van der Waals surface area contributed by atoms with E-state index in [1.807, 2.05) is 56.3 Å². The molecule has 1 aromatic heterocycles. The number of pyridine rings is 1. The molecule has 4 aromatic carbocycles. The van der Waals surface area contributed by atoms with Crippen molar-refractivity contribution in [2.75, 3.05) is 13.2 Å². The van der Waals surface area contributed by atoms with Crippen LogP contribution in [0.15, 0.2) is 125 Å². The molecule has 0 radical (unpaired) electrons. The van der Waals surface area contributed by atoms with Crippen molar-refractivity contribution in [2.24, 2.45) is 9.98 Å². The van der Waals surface area contributed by atoms with Crippen molar-refractivity contribution in [3.63, 3.8) is 0 Å². The molecule has 0 fully saturated rings. The van der Waals surface area contributed by atoms with Crippen molar-refractivity contribution in [1.29, 1.82) is 0 Å². The molecular formula is C47H59N3O2Si2. The molecule has 0 unspecified atom stereocenters. The van der Waals surface area contributed by atoms with Gasteiger partial charge in [0.2, 0.25) is 0 Å². The molecule has 0 bridgehead atoms. The van der Waals surface area contributed by atoms with Gasteiger partial charge in [-0.1, -0.05) is 128 Å². The van der Waals surface area contributed by atoms with Crippen LogP contribution in [0, 0.1) is 13.8 Å². The van der Waals surface area contributed by atoms with Crippen molar-refractivity contribution in [1.82, 2.24) is 4.98 Å². The Hall–Kier alpha value is -4.60. The standard InChI is InChI=1S/C47H59N3O2Si2/c1-36-34-40(51-30-15-17-32-53(5,6)42-20-11-9-12-21-42)26-28-44(36)48-38(3)46-24-19-25-47(50-46)39(4)49-45-29-27-41(35-37(45)2)52-31-16-18-33-54(7,8)43-22-13-10-14-23-43/h9-14,19-29,34-35H,15-18,30-33H2,1-8H3. The van der Waals surface area contributed by atoms with Gasteiger partial charge >= 0.3 is 0 Å². The van der Waals surface area contributed by atoms with E-state index in [2.05, 4.69) is 113 Å². The second kappa shape index (κ2) is 19.1. The maximum absolute atomic E-state index is 6.14. The van der Waals surface area contributed by atoms with Crippen molar-refractivity contribution in [2.45, 2.75) is 91.7 Å². The van der Waals surface area contributed by atoms with Crippen LogP contribution in [0.4, 0.5) is 11.4 Å². The maximum Gasteiger partial charge on any atom is 0.119 e. The highest BCUT2D eigenvalue weighted by Crippen LogP contribution is 2.27. The van der Waals surface area contributed by atoms with E-state index in [9.17, 15) is 0 Å². The van der Waals surface area contributed by atoms with Gasteiger partial charge in [0.25, 0.3) is 0 Å². The first-order chi connectivity index (χ1) is 25.9. The minimum absolute atomic E-state index is 0.727. The van der Waals surface area contributed by atoms with Crippen LogP contribution in [0.2, 0.25) is 38.3 Å². The lowest BCUT2D eigenvalue weighted by Crippen LogP contribution is -2.40.